The van der Waals surface area contributed by atoms with Crippen LogP contribution in [0.15, 0.2) is 41.3 Å². The van der Waals surface area contributed by atoms with Crippen LogP contribution in [0.2, 0.25) is 0 Å². The highest BCUT2D eigenvalue weighted by Gasteiger charge is 2.27. The van der Waals surface area contributed by atoms with Crippen LogP contribution < -0.4 is 15.4 Å². The van der Waals surface area contributed by atoms with E-state index in [2.05, 4.69) is 10.6 Å². The maximum Gasteiger partial charge on any atom is 0.412 e. The van der Waals surface area contributed by atoms with Crippen LogP contribution in [0.1, 0.15) is 45.0 Å². The molecular formula is C23H30FN3O6S. The Bertz CT molecular complexity index is 1160. The van der Waals surface area contributed by atoms with Gasteiger partial charge in [0.15, 0.2) is 0 Å². The molecule has 2 amide bonds. The number of rotatable bonds is 8. The quantitative estimate of drug-likeness (QED) is 0.559. The number of hydrogen-bond acceptors (Lipinski definition) is 6. The molecule has 0 fully saturated rings. The number of halogens is 1. The molecule has 0 aliphatic heterocycles. The van der Waals surface area contributed by atoms with Gasteiger partial charge in [-0.15, -0.1) is 0 Å². The van der Waals surface area contributed by atoms with Crippen LogP contribution in [-0.4, -0.2) is 50.5 Å². The topological polar surface area (TPSA) is 114 Å². The van der Waals surface area contributed by atoms with Crippen molar-refractivity contribution in [2.45, 2.75) is 45.1 Å². The lowest BCUT2D eigenvalue weighted by atomic mass is 10.2. The monoisotopic (exact) mass is 495 g/mol. The molecule has 2 aromatic carbocycles. The highest BCUT2D eigenvalue weighted by atomic mass is 32.2. The normalized spacial score (nSPS) is 11.8. The second kappa shape index (κ2) is 10.8. The van der Waals surface area contributed by atoms with Gasteiger partial charge in [-0.1, -0.05) is 13.8 Å². The molecule has 2 N–H and O–H groups in total. The Kier molecular flexibility index (Phi) is 8.62. The summed E-state index contributed by atoms with van der Waals surface area (Å²) in [5, 5.41) is 4.87. The smallest absolute Gasteiger partial charge is 0.412 e. The minimum Gasteiger partial charge on any atom is -0.495 e. The highest BCUT2D eigenvalue weighted by Crippen LogP contribution is 2.28. The van der Waals surface area contributed by atoms with Crippen LogP contribution in [0.4, 0.5) is 20.6 Å². The first-order valence-electron chi connectivity index (χ1n) is 10.6. The summed E-state index contributed by atoms with van der Waals surface area (Å²) in [5.41, 5.74) is -0.727. The number of ether oxygens (including phenoxy) is 2. The molecule has 0 aliphatic rings. The van der Waals surface area contributed by atoms with Gasteiger partial charge < -0.3 is 14.8 Å². The van der Waals surface area contributed by atoms with Crippen molar-refractivity contribution in [2.24, 2.45) is 0 Å². The average molecular weight is 496 g/mol. The summed E-state index contributed by atoms with van der Waals surface area (Å²) >= 11 is 0. The summed E-state index contributed by atoms with van der Waals surface area (Å²) in [5.74, 6) is -1.25. The van der Waals surface area contributed by atoms with Crippen molar-refractivity contribution in [3.8, 4) is 5.75 Å². The Labute approximate surface area is 199 Å². The summed E-state index contributed by atoms with van der Waals surface area (Å²) in [7, 11) is -2.56. The summed E-state index contributed by atoms with van der Waals surface area (Å²) in [6.45, 7) is 8.93. The van der Waals surface area contributed by atoms with Gasteiger partial charge in [0.25, 0.3) is 5.91 Å². The SMILES string of the molecule is CCN(CC)S(=O)(=O)c1cc(C(=O)Nc2ccc(F)c(NC(=O)OC(C)(C)C)c2)ccc1OC. The van der Waals surface area contributed by atoms with Crippen molar-refractivity contribution in [1.82, 2.24) is 4.31 Å². The Morgan fingerprint density at radius 3 is 2.24 bits per heavy atom. The van der Waals surface area contributed by atoms with Crippen molar-refractivity contribution >= 4 is 33.4 Å². The van der Waals surface area contributed by atoms with Crippen LogP contribution in [0.25, 0.3) is 0 Å². The lowest BCUT2D eigenvalue weighted by Crippen LogP contribution is -2.31. The van der Waals surface area contributed by atoms with E-state index in [4.69, 9.17) is 9.47 Å². The molecule has 0 unspecified atom stereocenters. The Morgan fingerprint density at radius 1 is 1.03 bits per heavy atom. The number of hydrogen-bond donors (Lipinski definition) is 2. The first-order valence-corrected chi connectivity index (χ1v) is 12.1. The van der Waals surface area contributed by atoms with E-state index in [0.717, 1.165) is 6.07 Å². The van der Waals surface area contributed by atoms with Crippen molar-refractivity contribution in [1.29, 1.82) is 0 Å². The molecule has 0 saturated carbocycles. The molecule has 11 heteroatoms. The van der Waals surface area contributed by atoms with Crippen LogP contribution in [0.5, 0.6) is 5.75 Å². The van der Waals surface area contributed by atoms with Gasteiger partial charge >= 0.3 is 6.09 Å². The third-order valence-corrected chi connectivity index (χ3v) is 6.68. The molecule has 2 rings (SSSR count). The van der Waals surface area contributed by atoms with Crippen LogP contribution in [-0.2, 0) is 14.8 Å². The number of nitrogens with one attached hydrogen (secondary N) is 2. The molecule has 0 radical (unpaired) electrons. The number of anilines is 2. The predicted molar refractivity (Wildman–Crippen MR) is 127 cm³/mol. The molecule has 0 heterocycles. The fourth-order valence-electron chi connectivity index (χ4n) is 3.04. The average Bonchev–Trinajstić information content (AvgIpc) is 2.74. The first-order chi connectivity index (χ1) is 15.8. The number of sulfonamides is 1. The summed E-state index contributed by atoms with van der Waals surface area (Å²) in [4.78, 5) is 24.7. The second-order valence-corrected chi connectivity index (χ2v) is 10.1. The number of benzene rings is 2. The van der Waals surface area contributed by atoms with Crippen molar-refractivity contribution in [2.75, 3.05) is 30.8 Å². The molecular weight excluding hydrogens is 465 g/mol. The minimum atomic E-state index is -3.90. The summed E-state index contributed by atoms with van der Waals surface area (Å²) < 4.78 is 51.7. The van der Waals surface area contributed by atoms with Gasteiger partial charge in [-0.25, -0.2) is 17.6 Å². The second-order valence-electron chi connectivity index (χ2n) is 8.23. The highest BCUT2D eigenvalue weighted by molar-refractivity contribution is 7.89. The number of carbonyl (C=O) groups excluding carboxylic acids is 2. The molecule has 0 aromatic heterocycles. The van der Waals surface area contributed by atoms with E-state index in [9.17, 15) is 22.4 Å². The first kappa shape index (κ1) is 27.1. The fraction of sp³-hybridized carbons (Fsp3) is 0.391. The minimum absolute atomic E-state index is 0.0532. The predicted octanol–water partition coefficient (Wildman–Crippen LogP) is 4.46. The van der Waals surface area contributed by atoms with Gasteiger partial charge in [0.1, 0.15) is 22.1 Å². The number of nitrogens with zero attached hydrogens (tertiary/aromatic N) is 1. The van der Waals surface area contributed by atoms with E-state index in [-0.39, 0.29) is 40.7 Å². The van der Waals surface area contributed by atoms with E-state index >= 15 is 0 Å². The van der Waals surface area contributed by atoms with Gasteiger partial charge in [-0.2, -0.15) is 4.31 Å². The van der Waals surface area contributed by atoms with Crippen LogP contribution in [0.3, 0.4) is 0 Å². The third-order valence-electron chi connectivity index (χ3n) is 4.61. The third kappa shape index (κ3) is 6.67. The van der Waals surface area contributed by atoms with Gasteiger partial charge in [0, 0.05) is 24.3 Å². The summed E-state index contributed by atoms with van der Waals surface area (Å²) in [6.07, 6.45) is -0.851. The lowest BCUT2D eigenvalue weighted by molar-refractivity contribution is 0.0635. The van der Waals surface area contributed by atoms with E-state index < -0.39 is 33.4 Å². The largest absolute Gasteiger partial charge is 0.495 e. The van der Waals surface area contributed by atoms with E-state index in [1.807, 2.05) is 0 Å². The maximum atomic E-state index is 14.2. The fourth-order valence-corrected chi connectivity index (χ4v) is 4.68. The zero-order valence-electron chi connectivity index (χ0n) is 20.1. The van der Waals surface area contributed by atoms with Crippen LogP contribution >= 0.6 is 0 Å². The molecule has 34 heavy (non-hydrogen) atoms. The number of methoxy groups -OCH3 is 1. The van der Waals surface area contributed by atoms with Gasteiger partial charge in [-0.05, 0) is 57.2 Å². The zero-order valence-corrected chi connectivity index (χ0v) is 20.9. The maximum absolute atomic E-state index is 14.2. The number of amides is 2. The standard InChI is InChI=1S/C23H30FN3O6S/c1-7-27(8-2)34(30,31)20-13-15(9-12-19(20)32-6)21(28)25-16-10-11-17(24)18(14-16)26-22(29)33-23(3,4)5/h9-14H,7-8H2,1-6H3,(H,25,28)(H,26,29). The van der Waals surface area contributed by atoms with E-state index in [1.54, 1.807) is 34.6 Å². The van der Waals surface area contributed by atoms with Crippen molar-refractivity contribution < 1.29 is 31.9 Å². The van der Waals surface area contributed by atoms with Gasteiger partial charge in [0.05, 0.1) is 12.8 Å². The lowest BCUT2D eigenvalue weighted by Gasteiger charge is -2.20. The van der Waals surface area contributed by atoms with Gasteiger partial charge in [0.2, 0.25) is 10.0 Å². The molecule has 9 nitrogen and oxygen atoms in total. The molecule has 0 spiro atoms. The molecule has 0 atom stereocenters. The Balaban J connectivity index is 2.32. The summed E-state index contributed by atoms with van der Waals surface area (Å²) in [6, 6.07) is 7.65. The van der Waals surface area contributed by atoms with Crippen molar-refractivity contribution in [3.05, 3.63) is 47.8 Å². The van der Waals surface area contributed by atoms with E-state index in [1.165, 1.54) is 41.7 Å². The molecule has 0 bridgehead atoms. The van der Waals surface area contributed by atoms with Crippen LogP contribution in [0, 0.1) is 5.82 Å². The molecule has 0 saturated heterocycles. The number of carbonyl (C=O) groups is 2. The molecule has 186 valence electrons. The molecule has 2 aromatic rings. The Morgan fingerprint density at radius 2 is 1.68 bits per heavy atom. The van der Waals surface area contributed by atoms with Crippen molar-refractivity contribution in [3.63, 3.8) is 0 Å². The van der Waals surface area contributed by atoms with Gasteiger partial charge in [-0.3, -0.25) is 10.1 Å². The molecule has 0 aliphatic carbocycles. The van der Waals surface area contributed by atoms with E-state index in [0.29, 0.717) is 0 Å². The zero-order chi connectivity index (χ0) is 25.7. The Hall–Kier alpha value is -3.18.